The number of para-hydroxylation sites is 2. The second-order valence-corrected chi connectivity index (χ2v) is 7.79. The normalized spacial score (nSPS) is 14.2. The van der Waals surface area contributed by atoms with Crippen LogP contribution in [0, 0.1) is 5.82 Å². The summed E-state index contributed by atoms with van der Waals surface area (Å²) in [5.41, 5.74) is 2.04. The lowest BCUT2D eigenvalue weighted by molar-refractivity contribution is -0.131. The van der Waals surface area contributed by atoms with E-state index in [9.17, 15) is 14.0 Å². The van der Waals surface area contributed by atoms with E-state index in [1.165, 1.54) is 12.1 Å². The minimum absolute atomic E-state index is 0.0718. The number of likely N-dealkylation sites (tertiary alicyclic amines) is 1. The molecule has 7 nitrogen and oxygen atoms in total. The molecule has 1 aliphatic heterocycles. The summed E-state index contributed by atoms with van der Waals surface area (Å²) < 4.78 is 19.1. The van der Waals surface area contributed by atoms with Gasteiger partial charge in [-0.1, -0.05) is 30.3 Å². The lowest BCUT2D eigenvalue weighted by Crippen LogP contribution is -2.38. The van der Waals surface area contributed by atoms with Gasteiger partial charge in [-0.05, 0) is 37.1 Å². The number of benzene rings is 2. The Morgan fingerprint density at radius 2 is 1.88 bits per heavy atom. The number of amides is 2. The van der Waals surface area contributed by atoms with Crippen molar-refractivity contribution in [1.82, 2.24) is 15.1 Å². The fourth-order valence-electron chi connectivity index (χ4n) is 3.97. The van der Waals surface area contributed by atoms with Gasteiger partial charge in [0.25, 0.3) is 5.91 Å². The van der Waals surface area contributed by atoms with Crippen molar-refractivity contribution in [3.05, 3.63) is 77.4 Å². The van der Waals surface area contributed by atoms with Crippen molar-refractivity contribution in [1.29, 1.82) is 0 Å². The number of rotatable bonds is 6. The van der Waals surface area contributed by atoms with E-state index in [0.717, 1.165) is 29.8 Å². The van der Waals surface area contributed by atoms with E-state index >= 15 is 0 Å². The number of nitrogens with zero attached hydrogens (tertiary/aromatic N) is 2. The van der Waals surface area contributed by atoms with Crippen LogP contribution in [-0.2, 0) is 11.2 Å². The SMILES string of the molecule is COc1ccccc1CC(=O)N1CCC(c2cc(C(=O)Nc3ccccc3F)n[nH]2)CC1. The van der Waals surface area contributed by atoms with Crippen LogP contribution in [0.2, 0.25) is 0 Å². The molecular weight excluding hydrogens is 411 g/mol. The molecule has 0 atom stereocenters. The van der Waals surface area contributed by atoms with Crippen molar-refractivity contribution < 1.29 is 18.7 Å². The highest BCUT2D eigenvalue weighted by atomic mass is 19.1. The summed E-state index contributed by atoms with van der Waals surface area (Å²) in [6.45, 7) is 1.27. The molecule has 0 saturated carbocycles. The van der Waals surface area contributed by atoms with E-state index in [0.29, 0.717) is 19.5 Å². The average molecular weight is 436 g/mol. The molecule has 2 heterocycles. The number of ether oxygens (including phenoxy) is 1. The highest BCUT2D eigenvalue weighted by Gasteiger charge is 2.26. The first-order valence-corrected chi connectivity index (χ1v) is 10.6. The maximum absolute atomic E-state index is 13.8. The first-order chi connectivity index (χ1) is 15.5. The molecule has 2 aromatic carbocycles. The van der Waals surface area contributed by atoms with Crippen LogP contribution in [0.15, 0.2) is 54.6 Å². The summed E-state index contributed by atoms with van der Waals surface area (Å²) in [6, 6.07) is 15.2. The molecular formula is C24H25FN4O3. The van der Waals surface area contributed by atoms with Crippen LogP contribution in [0.3, 0.4) is 0 Å². The van der Waals surface area contributed by atoms with Gasteiger partial charge >= 0.3 is 0 Å². The maximum Gasteiger partial charge on any atom is 0.276 e. The van der Waals surface area contributed by atoms with Gasteiger partial charge in [0.05, 0.1) is 19.2 Å². The minimum Gasteiger partial charge on any atom is -0.496 e. The smallest absolute Gasteiger partial charge is 0.276 e. The van der Waals surface area contributed by atoms with E-state index < -0.39 is 11.7 Å². The molecule has 0 unspecified atom stereocenters. The molecule has 32 heavy (non-hydrogen) atoms. The minimum atomic E-state index is -0.498. The molecule has 4 rings (SSSR count). The van der Waals surface area contributed by atoms with E-state index in [2.05, 4.69) is 15.5 Å². The zero-order chi connectivity index (χ0) is 22.5. The van der Waals surface area contributed by atoms with Crippen LogP contribution < -0.4 is 10.1 Å². The van der Waals surface area contributed by atoms with Crippen molar-refractivity contribution in [3.63, 3.8) is 0 Å². The predicted octanol–water partition coefficient (Wildman–Crippen LogP) is 3.76. The highest BCUT2D eigenvalue weighted by Crippen LogP contribution is 2.28. The molecule has 0 radical (unpaired) electrons. The molecule has 2 amide bonds. The Bertz CT molecular complexity index is 1110. The topological polar surface area (TPSA) is 87.3 Å². The fourth-order valence-corrected chi connectivity index (χ4v) is 3.97. The lowest BCUT2D eigenvalue weighted by Gasteiger charge is -2.31. The number of carbonyl (C=O) groups is 2. The molecule has 1 saturated heterocycles. The number of aromatic amines is 1. The van der Waals surface area contributed by atoms with Gasteiger partial charge in [-0.15, -0.1) is 0 Å². The first-order valence-electron chi connectivity index (χ1n) is 10.6. The maximum atomic E-state index is 13.8. The number of nitrogens with one attached hydrogen (secondary N) is 2. The average Bonchev–Trinajstić information content (AvgIpc) is 3.31. The number of piperidine rings is 1. The van der Waals surface area contributed by atoms with Crippen LogP contribution in [0.1, 0.15) is 40.5 Å². The summed E-state index contributed by atoms with van der Waals surface area (Å²) in [7, 11) is 1.60. The number of aromatic nitrogens is 2. The van der Waals surface area contributed by atoms with E-state index in [1.54, 1.807) is 25.3 Å². The molecule has 0 bridgehead atoms. The third kappa shape index (κ3) is 4.80. The summed E-state index contributed by atoms with van der Waals surface area (Å²) in [5, 5.41) is 9.56. The van der Waals surface area contributed by atoms with Crippen LogP contribution in [0.4, 0.5) is 10.1 Å². The third-order valence-corrected chi connectivity index (χ3v) is 5.77. The number of anilines is 1. The van der Waals surface area contributed by atoms with E-state index in [-0.39, 0.29) is 23.2 Å². The molecule has 0 aliphatic carbocycles. The second-order valence-electron chi connectivity index (χ2n) is 7.79. The Balaban J connectivity index is 1.33. The number of methoxy groups -OCH3 is 1. The van der Waals surface area contributed by atoms with Gasteiger partial charge in [-0.2, -0.15) is 5.10 Å². The number of halogens is 1. The summed E-state index contributed by atoms with van der Waals surface area (Å²) >= 11 is 0. The molecule has 0 spiro atoms. The summed E-state index contributed by atoms with van der Waals surface area (Å²) in [4.78, 5) is 27.0. The van der Waals surface area contributed by atoms with Gasteiger partial charge in [0.2, 0.25) is 5.91 Å². The van der Waals surface area contributed by atoms with Gasteiger partial charge in [0.1, 0.15) is 11.6 Å². The molecule has 8 heteroatoms. The van der Waals surface area contributed by atoms with Gasteiger partial charge in [0, 0.05) is 30.3 Å². The van der Waals surface area contributed by atoms with Gasteiger partial charge < -0.3 is 15.0 Å². The van der Waals surface area contributed by atoms with Gasteiger partial charge in [0.15, 0.2) is 5.69 Å². The molecule has 1 fully saturated rings. The van der Waals surface area contributed by atoms with Crippen molar-refractivity contribution in [2.75, 3.05) is 25.5 Å². The molecule has 3 aromatic rings. The van der Waals surface area contributed by atoms with Crippen LogP contribution in [-0.4, -0.2) is 47.1 Å². The number of carbonyl (C=O) groups excluding carboxylic acids is 2. The Kier molecular flexibility index (Phi) is 6.49. The predicted molar refractivity (Wildman–Crippen MR) is 118 cm³/mol. The fraction of sp³-hybridized carbons (Fsp3) is 0.292. The first kappa shape index (κ1) is 21.5. The Hall–Kier alpha value is -3.68. The number of H-pyrrole nitrogens is 1. The van der Waals surface area contributed by atoms with Gasteiger partial charge in [-0.25, -0.2) is 4.39 Å². The van der Waals surface area contributed by atoms with Crippen molar-refractivity contribution >= 4 is 17.5 Å². The van der Waals surface area contributed by atoms with Crippen molar-refractivity contribution in [2.45, 2.75) is 25.2 Å². The van der Waals surface area contributed by atoms with Crippen molar-refractivity contribution in [3.8, 4) is 5.75 Å². The Morgan fingerprint density at radius 1 is 1.16 bits per heavy atom. The van der Waals surface area contributed by atoms with Crippen molar-refractivity contribution in [2.24, 2.45) is 0 Å². The lowest BCUT2D eigenvalue weighted by atomic mass is 9.93. The van der Waals surface area contributed by atoms with Gasteiger partial charge in [-0.3, -0.25) is 14.7 Å². The Morgan fingerprint density at radius 3 is 2.62 bits per heavy atom. The number of hydrogen-bond donors (Lipinski definition) is 2. The molecule has 1 aromatic heterocycles. The second kappa shape index (κ2) is 9.64. The quantitative estimate of drug-likeness (QED) is 0.616. The molecule has 166 valence electrons. The molecule has 1 aliphatic rings. The van der Waals surface area contributed by atoms with Crippen LogP contribution in [0.25, 0.3) is 0 Å². The number of hydrogen-bond acceptors (Lipinski definition) is 4. The summed E-state index contributed by atoms with van der Waals surface area (Å²) in [5.74, 6) is -0.00600. The zero-order valence-corrected chi connectivity index (χ0v) is 17.8. The highest BCUT2D eigenvalue weighted by molar-refractivity contribution is 6.03. The third-order valence-electron chi connectivity index (χ3n) is 5.77. The van der Waals surface area contributed by atoms with Crippen LogP contribution in [0.5, 0.6) is 5.75 Å². The largest absolute Gasteiger partial charge is 0.496 e. The molecule has 2 N–H and O–H groups in total. The van der Waals surface area contributed by atoms with E-state index in [1.807, 2.05) is 29.2 Å². The van der Waals surface area contributed by atoms with E-state index in [4.69, 9.17) is 4.74 Å². The standard InChI is InChI=1S/C24H25FN4O3/c1-32-22-9-5-2-6-17(22)14-23(30)29-12-10-16(11-13-29)20-15-21(28-27-20)24(31)26-19-8-4-3-7-18(19)25/h2-9,15-16H,10-14H2,1H3,(H,26,31)(H,27,28). The Labute approximate surface area is 185 Å². The summed E-state index contributed by atoms with van der Waals surface area (Å²) in [6.07, 6.45) is 1.85. The monoisotopic (exact) mass is 436 g/mol. The zero-order valence-electron chi connectivity index (χ0n) is 17.8. The van der Waals surface area contributed by atoms with Crippen LogP contribution >= 0.6 is 0 Å².